The smallest absolute Gasteiger partial charge is 0.0995 e. The Morgan fingerprint density at radius 1 is 0.643 bits per heavy atom. The average molecular weight is 374 g/mol. The summed E-state index contributed by atoms with van der Waals surface area (Å²) < 4.78 is 3.99. The molecule has 0 saturated heterocycles. The molecule has 6 nitrogen and oxygen atoms in total. The number of nitrogens with zero attached hydrogens (tertiary/aromatic N) is 6. The lowest BCUT2D eigenvalue weighted by molar-refractivity contribution is 0.992. The zero-order chi connectivity index (χ0) is 20.3. The molecule has 0 amide bonds. The van der Waals surface area contributed by atoms with Crippen molar-refractivity contribution in [1.29, 1.82) is 0 Å². The highest BCUT2D eigenvalue weighted by atomic mass is 15.1. The van der Waals surface area contributed by atoms with Crippen molar-refractivity contribution in [3.05, 3.63) is 83.5 Å². The number of aryl methyl sites for hydroxylation is 6. The molecule has 0 atom stereocenters. The predicted octanol–water partition coefficient (Wildman–Crippen LogP) is 4.39. The number of aromatic nitrogens is 6. The summed E-state index contributed by atoms with van der Waals surface area (Å²) in [4.78, 5) is 17.1. The van der Waals surface area contributed by atoms with Crippen molar-refractivity contribution in [2.45, 2.75) is 41.5 Å². The lowest BCUT2D eigenvalue weighted by Crippen LogP contribution is -1.97. The minimum Gasteiger partial charge on any atom is -0.304 e. The Morgan fingerprint density at radius 2 is 1.25 bits per heavy atom. The SMILES string of the molecule is Cc1cc(C)c(-n2cnc(C)c2)cn1.Cc1cn(-c2ccc(C)nc2C)cn1. The van der Waals surface area contributed by atoms with E-state index in [1.807, 2.05) is 81.1 Å². The average Bonchev–Trinajstić information content (AvgIpc) is 3.24. The molecule has 0 bridgehead atoms. The van der Waals surface area contributed by atoms with Crippen molar-refractivity contribution >= 4 is 0 Å². The van der Waals surface area contributed by atoms with Crippen LogP contribution in [0.15, 0.2) is 49.4 Å². The Bertz CT molecular complexity index is 1000. The van der Waals surface area contributed by atoms with Crippen LogP contribution in [0.2, 0.25) is 0 Å². The molecule has 0 N–H and O–H groups in total. The Kier molecular flexibility index (Phi) is 5.68. The lowest BCUT2D eigenvalue weighted by Gasteiger charge is -2.05. The molecule has 6 heteroatoms. The van der Waals surface area contributed by atoms with E-state index in [9.17, 15) is 0 Å². The first-order valence-electron chi connectivity index (χ1n) is 9.23. The van der Waals surface area contributed by atoms with Crippen LogP contribution in [-0.2, 0) is 0 Å². The topological polar surface area (TPSA) is 61.4 Å². The molecule has 0 aliphatic rings. The van der Waals surface area contributed by atoms with Gasteiger partial charge in [-0.25, -0.2) is 9.97 Å². The van der Waals surface area contributed by atoms with Crippen LogP contribution >= 0.6 is 0 Å². The second-order valence-electron chi connectivity index (χ2n) is 7.01. The summed E-state index contributed by atoms with van der Waals surface area (Å²) in [7, 11) is 0. The summed E-state index contributed by atoms with van der Waals surface area (Å²) in [5, 5.41) is 0. The van der Waals surface area contributed by atoms with E-state index in [-0.39, 0.29) is 0 Å². The first-order chi connectivity index (χ1) is 13.3. The summed E-state index contributed by atoms with van der Waals surface area (Å²) in [6.07, 6.45) is 9.51. The van der Waals surface area contributed by atoms with Crippen molar-refractivity contribution in [1.82, 2.24) is 29.1 Å². The van der Waals surface area contributed by atoms with Crippen LogP contribution in [0.4, 0.5) is 0 Å². The van der Waals surface area contributed by atoms with Crippen LogP contribution in [0, 0.1) is 41.5 Å². The number of hydrogen-bond acceptors (Lipinski definition) is 4. The molecule has 0 unspecified atom stereocenters. The van der Waals surface area contributed by atoms with Gasteiger partial charge in [0.1, 0.15) is 0 Å². The van der Waals surface area contributed by atoms with Gasteiger partial charge in [0.25, 0.3) is 0 Å². The molecule has 0 spiro atoms. The van der Waals surface area contributed by atoms with Crippen LogP contribution in [0.5, 0.6) is 0 Å². The van der Waals surface area contributed by atoms with Crippen LogP contribution in [0.3, 0.4) is 0 Å². The number of rotatable bonds is 2. The Morgan fingerprint density at radius 3 is 1.75 bits per heavy atom. The molecule has 0 radical (unpaired) electrons. The standard InChI is InChI=1S/2C11H13N3/c1-8-4-9(2)12-5-11(8)14-6-10(3)13-7-14;1-8-4-5-11(10(3)13-8)14-6-9(2)12-7-14/h2*4-7H,1-3H3. The summed E-state index contributed by atoms with van der Waals surface area (Å²) in [5.41, 5.74) is 8.56. The minimum atomic E-state index is 1.02. The van der Waals surface area contributed by atoms with Gasteiger partial charge in [0.05, 0.1) is 47.3 Å². The van der Waals surface area contributed by atoms with E-state index < -0.39 is 0 Å². The van der Waals surface area contributed by atoms with Gasteiger partial charge >= 0.3 is 0 Å². The maximum absolute atomic E-state index is 4.41. The van der Waals surface area contributed by atoms with Gasteiger partial charge in [-0.2, -0.15) is 0 Å². The highest BCUT2D eigenvalue weighted by molar-refractivity contribution is 5.39. The van der Waals surface area contributed by atoms with Crippen molar-refractivity contribution in [2.75, 3.05) is 0 Å². The lowest BCUT2D eigenvalue weighted by atomic mass is 10.2. The van der Waals surface area contributed by atoms with Crippen LogP contribution in [0.1, 0.15) is 34.0 Å². The third-order valence-electron chi connectivity index (χ3n) is 4.40. The fourth-order valence-electron chi connectivity index (χ4n) is 3.02. The van der Waals surface area contributed by atoms with Crippen LogP contribution < -0.4 is 0 Å². The maximum atomic E-state index is 4.41. The van der Waals surface area contributed by atoms with E-state index in [0.717, 1.165) is 39.8 Å². The van der Waals surface area contributed by atoms with E-state index in [0.29, 0.717) is 0 Å². The van der Waals surface area contributed by atoms with E-state index in [1.54, 1.807) is 0 Å². The third-order valence-corrected chi connectivity index (χ3v) is 4.40. The van der Waals surface area contributed by atoms with Gasteiger partial charge in [-0.3, -0.25) is 9.97 Å². The van der Waals surface area contributed by atoms with Gasteiger partial charge in [-0.05, 0) is 65.3 Å². The molecule has 0 saturated carbocycles. The van der Waals surface area contributed by atoms with Crippen molar-refractivity contribution in [3.63, 3.8) is 0 Å². The molecule has 4 rings (SSSR count). The summed E-state index contributed by atoms with van der Waals surface area (Å²) in [6.45, 7) is 12.0. The maximum Gasteiger partial charge on any atom is 0.0995 e. The number of pyridine rings is 2. The Balaban J connectivity index is 0.000000161. The highest BCUT2D eigenvalue weighted by Crippen LogP contribution is 2.14. The minimum absolute atomic E-state index is 1.02. The Hall–Kier alpha value is -3.28. The van der Waals surface area contributed by atoms with Crippen molar-refractivity contribution in [3.8, 4) is 11.4 Å². The molecular formula is C22H26N6. The zero-order valence-electron chi connectivity index (χ0n) is 17.3. The Labute approximate surface area is 166 Å². The predicted molar refractivity (Wildman–Crippen MR) is 111 cm³/mol. The fraction of sp³-hybridized carbons (Fsp3) is 0.273. The summed E-state index contributed by atoms with van der Waals surface area (Å²) >= 11 is 0. The van der Waals surface area contributed by atoms with Crippen LogP contribution in [-0.4, -0.2) is 29.1 Å². The van der Waals surface area contributed by atoms with Gasteiger partial charge in [0.2, 0.25) is 0 Å². The van der Waals surface area contributed by atoms with E-state index >= 15 is 0 Å². The molecule has 28 heavy (non-hydrogen) atoms. The highest BCUT2D eigenvalue weighted by Gasteiger charge is 2.03. The van der Waals surface area contributed by atoms with Gasteiger partial charge < -0.3 is 9.13 Å². The van der Waals surface area contributed by atoms with Crippen LogP contribution in [0.25, 0.3) is 11.4 Å². The first-order valence-corrected chi connectivity index (χ1v) is 9.23. The quantitative estimate of drug-likeness (QED) is 0.522. The second kappa shape index (κ2) is 8.17. The molecule has 144 valence electrons. The number of imidazole rings is 2. The van der Waals surface area contributed by atoms with E-state index in [4.69, 9.17) is 0 Å². The third kappa shape index (κ3) is 4.52. The zero-order valence-corrected chi connectivity index (χ0v) is 17.3. The van der Waals surface area contributed by atoms with Gasteiger partial charge in [0.15, 0.2) is 0 Å². The first kappa shape index (κ1) is 19.5. The van der Waals surface area contributed by atoms with Crippen molar-refractivity contribution in [2.24, 2.45) is 0 Å². The summed E-state index contributed by atoms with van der Waals surface area (Å²) in [5.74, 6) is 0. The molecule has 0 aromatic carbocycles. The van der Waals surface area contributed by atoms with Crippen molar-refractivity contribution < 1.29 is 0 Å². The molecule has 4 aromatic rings. The fourth-order valence-corrected chi connectivity index (χ4v) is 3.02. The molecule has 4 heterocycles. The molecule has 0 fully saturated rings. The summed E-state index contributed by atoms with van der Waals surface area (Å²) in [6, 6.07) is 6.15. The number of hydrogen-bond donors (Lipinski definition) is 0. The molecular weight excluding hydrogens is 348 g/mol. The monoisotopic (exact) mass is 374 g/mol. The van der Waals surface area contributed by atoms with Gasteiger partial charge in [0, 0.05) is 23.8 Å². The largest absolute Gasteiger partial charge is 0.304 e. The van der Waals surface area contributed by atoms with E-state index in [1.165, 1.54) is 5.56 Å². The molecule has 0 aliphatic carbocycles. The molecule has 4 aromatic heterocycles. The normalized spacial score (nSPS) is 10.5. The van der Waals surface area contributed by atoms with E-state index in [2.05, 4.69) is 39.0 Å². The van der Waals surface area contributed by atoms with Gasteiger partial charge in [-0.1, -0.05) is 0 Å². The van der Waals surface area contributed by atoms with Gasteiger partial charge in [-0.15, -0.1) is 0 Å². The second-order valence-corrected chi connectivity index (χ2v) is 7.01. The molecule has 0 aliphatic heterocycles.